The minimum Gasteiger partial charge on any atom is -0.469 e. The monoisotopic (exact) mass is 310 g/mol. The predicted molar refractivity (Wildman–Crippen MR) is 81.0 cm³/mol. The molecule has 7 nitrogen and oxygen atoms in total. The average Bonchev–Trinajstić information content (AvgIpc) is 2.90. The Labute approximate surface area is 126 Å². The van der Waals surface area contributed by atoms with Crippen molar-refractivity contribution in [1.29, 1.82) is 0 Å². The van der Waals surface area contributed by atoms with E-state index in [1.807, 2.05) is 18.9 Å². The molecular formula is C13H18N4O3S. The Bertz CT molecular complexity index is 709. The van der Waals surface area contributed by atoms with Crippen LogP contribution in [0.1, 0.15) is 19.5 Å². The highest BCUT2D eigenvalue weighted by Crippen LogP contribution is 2.21. The van der Waals surface area contributed by atoms with Crippen molar-refractivity contribution in [1.82, 2.24) is 14.6 Å². The smallest absolute Gasteiger partial charge is 0.310 e. The van der Waals surface area contributed by atoms with E-state index >= 15 is 0 Å². The van der Waals surface area contributed by atoms with Crippen LogP contribution in [0.5, 0.6) is 0 Å². The number of carbonyl (C=O) groups excluding carboxylic acids is 1. The number of nitrogens with zero attached hydrogens (tertiary/aromatic N) is 4. The molecule has 0 N–H and O–H groups in total. The average molecular weight is 310 g/mol. The van der Waals surface area contributed by atoms with E-state index in [1.54, 1.807) is 6.92 Å². The number of ether oxygens (including phenoxy) is 1. The van der Waals surface area contributed by atoms with E-state index in [0.717, 1.165) is 5.69 Å². The number of hydrogen-bond donors (Lipinski definition) is 0. The van der Waals surface area contributed by atoms with Gasteiger partial charge >= 0.3 is 5.97 Å². The fourth-order valence-electron chi connectivity index (χ4n) is 1.95. The largest absolute Gasteiger partial charge is 0.469 e. The molecule has 2 aromatic rings. The van der Waals surface area contributed by atoms with E-state index in [2.05, 4.69) is 10.1 Å². The SMILES string of the molecule is CCc1cc(=O)n2nc(N(C)CC(C)C(=O)OC)sc2n1. The van der Waals surface area contributed by atoms with Crippen molar-refractivity contribution in [2.75, 3.05) is 25.6 Å². The van der Waals surface area contributed by atoms with Gasteiger partial charge in [0.15, 0.2) is 0 Å². The number of anilines is 1. The molecule has 1 atom stereocenters. The van der Waals surface area contributed by atoms with Crippen LogP contribution in [0.4, 0.5) is 5.13 Å². The van der Waals surface area contributed by atoms with Crippen LogP contribution in [0.2, 0.25) is 0 Å². The normalized spacial score (nSPS) is 12.4. The Balaban J connectivity index is 2.28. The van der Waals surface area contributed by atoms with Crippen LogP contribution in [-0.4, -0.2) is 41.3 Å². The number of aryl methyl sites for hydroxylation is 1. The molecule has 0 aromatic carbocycles. The van der Waals surface area contributed by atoms with Crippen LogP contribution >= 0.6 is 11.3 Å². The molecule has 21 heavy (non-hydrogen) atoms. The fourth-order valence-corrected chi connectivity index (χ4v) is 2.84. The Morgan fingerprint density at radius 2 is 2.29 bits per heavy atom. The molecule has 0 fully saturated rings. The third kappa shape index (κ3) is 3.21. The summed E-state index contributed by atoms with van der Waals surface area (Å²) in [6.07, 6.45) is 0.703. The predicted octanol–water partition coefficient (Wildman–Crippen LogP) is 0.959. The van der Waals surface area contributed by atoms with Gasteiger partial charge in [-0.25, -0.2) is 4.98 Å². The van der Waals surface area contributed by atoms with Gasteiger partial charge in [-0.15, -0.1) is 5.10 Å². The zero-order chi connectivity index (χ0) is 15.6. The molecule has 0 aliphatic rings. The number of carbonyl (C=O) groups is 1. The first-order valence-corrected chi connectivity index (χ1v) is 7.46. The summed E-state index contributed by atoms with van der Waals surface area (Å²) in [5.74, 6) is -0.547. The van der Waals surface area contributed by atoms with Crippen molar-refractivity contribution in [3.8, 4) is 0 Å². The van der Waals surface area contributed by atoms with Gasteiger partial charge in [-0.05, 0) is 6.42 Å². The van der Waals surface area contributed by atoms with E-state index < -0.39 is 0 Å². The zero-order valence-electron chi connectivity index (χ0n) is 12.5. The van der Waals surface area contributed by atoms with Gasteiger partial charge in [0.2, 0.25) is 10.1 Å². The molecule has 0 saturated carbocycles. The summed E-state index contributed by atoms with van der Waals surface area (Å²) in [4.78, 5) is 30.2. The van der Waals surface area contributed by atoms with Gasteiger partial charge in [0.25, 0.3) is 5.56 Å². The zero-order valence-corrected chi connectivity index (χ0v) is 13.3. The van der Waals surface area contributed by atoms with E-state index in [9.17, 15) is 9.59 Å². The second-order valence-corrected chi connectivity index (χ2v) is 5.76. The second kappa shape index (κ2) is 6.21. The molecular weight excluding hydrogens is 292 g/mol. The Morgan fingerprint density at radius 3 is 2.90 bits per heavy atom. The number of aromatic nitrogens is 3. The van der Waals surface area contributed by atoms with Crippen molar-refractivity contribution >= 4 is 27.4 Å². The van der Waals surface area contributed by atoms with Crippen LogP contribution in [0.15, 0.2) is 10.9 Å². The van der Waals surface area contributed by atoms with Crippen molar-refractivity contribution < 1.29 is 9.53 Å². The molecule has 0 spiro atoms. The van der Waals surface area contributed by atoms with Crippen molar-refractivity contribution in [2.24, 2.45) is 5.92 Å². The molecule has 114 valence electrons. The minimum atomic E-state index is -0.275. The minimum absolute atomic E-state index is 0.186. The Hall–Kier alpha value is -1.96. The number of hydrogen-bond acceptors (Lipinski definition) is 7. The maximum Gasteiger partial charge on any atom is 0.310 e. The lowest BCUT2D eigenvalue weighted by Gasteiger charge is -2.18. The lowest BCUT2D eigenvalue weighted by atomic mass is 10.2. The van der Waals surface area contributed by atoms with Gasteiger partial charge in [-0.3, -0.25) is 9.59 Å². The maximum atomic E-state index is 11.9. The van der Waals surface area contributed by atoms with Gasteiger partial charge < -0.3 is 9.64 Å². The molecule has 0 amide bonds. The van der Waals surface area contributed by atoms with Crippen molar-refractivity contribution in [3.63, 3.8) is 0 Å². The second-order valence-electron chi connectivity index (χ2n) is 4.82. The Morgan fingerprint density at radius 1 is 1.57 bits per heavy atom. The molecule has 0 bridgehead atoms. The van der Waals surface area contributed by atoms with Crippen LogP contribution in [0.3, 0.4) is 0 Å². The molecule has 0 radical (unpaired) electrons. The topological polar surface area (TPSA) is 76.8 Å². The summed E-state index contributed by atoms with van der Waals surface area (Å²) in [5.41, 5.74) is 0.564. The fraction of sp³-hybridized carbons (Fsp3) is 0.538. The lowest BCUT2D eigenvalue weighted by molar-refractivity contribution is -0.144. The lowest BCUT2D eigenvalue weighted by Crippen LogP contribution is -2.29. The number of methoxy groups -OCH3 is 1. The first-order valence-electron chi connectivity index (χ1n) is 6.65. The van der Waals surface area contributed by atoms with Gasteiger partial charge in [0, 0.05) is 25.4 Å². The quantitative estimate of drug-likeness (QED) is 0.766. The van der Waals surface area contributed by atoms with Gasteiger partial charge in [0.1, 0.15) is 0 Å². The third-order valence-corrected chi connectivity index (χ3v) is 4.15. The highest BCUT2D eigenvalue weighted by Gasteiger charge is 2.18. The number of rotatable bonds is 5. The van der Waals surface area contributed by atoms with Gasteiger partial charge in [0.05, 0.1) is 13.0 Å². The Kier molecular flexibility index (Phi) is 4.56. The van der Waals surface area contributed by atoms with Gasteiger partial charge in [-0.1, -0.05) is 25.2 Å². The summed E-state index contributed by atoms with van der Waals surface area (Å²) in [7, 11) is 3.19. The molecule has 8 heteroatoms. The number of fused-ring (bicyclic) bond motifs is 1. The van der Waals surface area contributed by atoms with E-state index in [-0.39, 0.29) is 17.4 Å². The summed E-state index contributed by atoms with van der Waals surface area (Å²) in [6.45, 7) is 4.20. The van der Waals surface area contributed by atoms with Crippen molar-refractivity contribution in [3.05, 3.63) is 22.1 Å². The van der Waals surface area contributed by atoms with Crippen molar-refractivity contribution in [2.45, 2.75) is 20.3 Å². The first kappa shape index (κ1) is 15.4. The first-order chi connectivity index (χ1) is 9.96. The molecule has 2 rings (SSSR count). The molecule has 2 aromatic heterocycles. The highest BCUT2D eigenvalue weighted by molar-refractivity contribution is 7.20. The van der Waals surface area contributed by atoms with E-state index in [4.69, 9.17) is 4.74 Å². The highest BCUT2D eigenvalue weighted by atomic mass is 32.1. The summed E-state index contributed by atoms with van der Waals surface area (Å²) >= 11 is 1.32. The summed E-state index contributed by atoms with van der Waals surface area (Å²) in [5, 5.41) is 4.90. The van der Waals surface area contributed by atoms with Crippen LogP contribution in [0, 0.1) is 5.92 Å². The summed E-state index contributed by atoms with van der Waals surface area (Å²) in [6, 6.07) is 1.49. The molecule has 1 unspecified atom stereocenters. The molecule has 0 saturated heterocycles. The number of esters is 1. The standard InChI is InChI=1S/C13H18N4O3S/c1-5-9-6-10(18)17-12(14-9)21-13(15-17)16(3)7-8(2)11(19)20-4/h6,8H,5,7H2,1-4H3. The van der Waals surface area contributed by atoms with Crippen LogP contribution < -0.4 is 10.5 Å². The van der Waals surface area contributed by atoms with E-state index in [1.165, 1.54) is 29.0 Å². The maximum absolute atomic E-state index is 11.9. The third-order valence-electron chi connectivity index (χ3n) is 3.13. The molecule has 0 aliphatic heterocycles. The molecule has 2 heterocycles. The molecule has 0 aliphatic carbocycles. The van der Waals surface area contributed by atoms with Crippen LogP contribution in [0.25, 0.3) is 4.96 Å². The van der Waals surface area contributed by atoms with E-state index in [0.29, 0.717) is 23.1 Å². The summed E-state index contributed by atoms with van der Waals surface area (Å²) < 4.78 is 6.00. The van der Waals surface area contributed by atoms with Gasteiger partial charge in [-0.2, -0.15) is 4.52 Å². The van der Waals surface area contributed by atoms with Crippen LogP contribution in [-0.2, 0) is 16.0 Å².